The van der Waals surface area contributed by atoms with Crippen LogP contribution in [-0.2, 0) is 7.05 Å². The summed E-state index contributed by atoms with van der Waals surface area (Å²) in [6, 6.07) is 0. The molecule has 41 heavy (non-hydrogen) atoms. The van der Waals surface area contributed by atoms with Crippen molar-refractivity contribution in [3.63, 3.8) is 0 Å². The molecule has 0 radical (unpaired) electrons. The van der Waals surface area contributed by atoms with Crippen LogP contribution in [0.5, 0.6) is 0 Å². The van der Waals surface area contributed by atoms with Gasteiger partial charge in [-0.15, -0.1) is 0 Å². The Bertz CT molecular complexity index is 1470. The lowest BCUT2D eigenvalue weighted by atomic mass is 10.3. The van der Waals surface area contributed by atoms with Gasteiger partial charge in [0.25, 0.3) is 0 Å². The predicted octanol–water partition coefficient (Wildman–Crippen LogP) is 0.874. The normalized spacial score (nSPS) is 11.2. The van der Waals surface area contributed by atoms with Crippen LogP contribution in [0.15, 0.2) is 32.0 Å². The van der Waals surface area contributed by atoms with Crippen LogP contribution in [0.25, 0.3) is 12.2 Å². The summed E-state index contributed by atoms with van der Waals surface area (Å²) in [6.45, 7) is 0. The summed E-state index contributed by atoms with van der Waals surface area (Å²) >= 11 is 0. The molecule has 0 aliphatic carbocycles. The highest BCUT2D eigenvalue weighted by atomic mass is 16.6. The first kappa shape index (κ1) is 33.6. The van der Waals surface area contributed by atoms with Gasteiger partial charge in [-0.25, -0.2) is 20.0 Å². The number of nitro groups is 2. The molecule has 0 saturated heterocycles. The molecular formula is C23H34N12O6. The number of rotatable bonds is 10. The van der Waals surface area contributed by atoms with Crippen LogP contribution in [0, 0.1) is 20.2 Å². The summed E-state index contributed by atoms with van der Waals surface area (Å²) < 4.78 is 1.05. The summed E-state index contributed by atoms with van der Waals surface area (Å²) in [7, 11) is 15.4. The maximum atomic E-state index is 12.1. The van der Waals surface area contributed by atoms with E-state index in [0.29, 0.717) is 0 Å². The Kier molecular flexibility index (Phi) is 12.5. The molecule has 2 heterocycles. The van der Waals surface area contributed by atoms with Crippen LogP contribution in [0.4, 0.5) is 23.3 Å². The Labute approximate surface area is 235 Å². The van der Waals surface area contributed by atoms with Crippen molar-refractivity contribution in [1.82, 2.24) is 39.1 Å². The lowest BCUT2D eigenvalue weighted by Gasteiger charge is -2.07. The van der Waals surface area contributed by atoms with Gasteiger partial charge >= 0.3 is 22.5 Å². The predicted molar refractivity (Wildman–Crippen MR) is 157 cm³/mol. The molecule has 0 fully saturated rings. The molecule has 0 aliphatic heterocycles. The van der Waals surface area contributed by atoms with Crippen LogP contribution in [0.3, 0.4) is 0 Å². The third-order valence-corrected chi connectivity index (χ3v) is 4.42. The van der Waals surface area contributed by atoms with Gasteiger partial charge in [-0.2, -0.15) is 0 Å². The van der Waals surface area contributed by atoms with Gasteiger partial charge in [0, 0.05) is 75.8 Å². The van der Waals surface area contributed by atoms with E-state index in [1.165, 1.54) is 31.9 Å². The number of aliphatic imine (C=N–C) groups is 2. The lowest BCUT2D eigenvalue weighted by Crippen LogP contribution is -2.23. The molecule has 0 aliphatic rings. The average molecular weight is 575 g/mol. The van der Waals surface area contributed by atoms with Crippen LogP contribution in [-0.4, -0.2) is 118 Å². The molecular weight excluding hydrogens is 540 g/mol. The number of nitrogens with one attached hydrogen (secondary N) is 1. The molecule has 1 N–H and O–H groups in total. The quantitative estimate of drug-likeness (QED) is 0.182. The maximum Gasteiger partial charge on any atom is 0.359 e. The SMILES string of the molecule is CN(C)C=Nc1nc(/C=C/N(C)C)c([N+](=O)[O-])c(=O)[nH]1.CN(C)C=Nc1nc(/C=C/N(C)C)c([N+](=O)[O-])c(=O)n1C. The minimum atomic E-state index is -0.839. The average Bonchev–Trinajstić information content (AvgIpc) is 2.85. The van der Waals surface area contributed by atoms with Crippen molar-refractivity contribution in [3.8, 4) is 0 Å². The van der Waals surface area contributed by atoms with Crippen molar-refractivity contribution in [2.75, 3.05) is 56.4 Å². The van der Waals surface area contributed by atoms with Crippen LogP contribution in [0.2, 0.25) is 0 Å². The largest absolute Gasteiger partial charge is 0.383 e. The Morgan fingerprint density at radius 3 is 1.66 bits per heavy atom. The number of aromatic amines is 1. The number of aromatic nitrogens is 4. The molecule has 0 atom stereocenters. The first-order valence-electron chi connectivity index (χ1n) is 11.7. The second kappa shape index (κ2) is 15.2. The van der Waals surface area contributed by atoms with Crippen molar-refractivity contribution >= 4 is 48.1 Å². The van der Waals surface area contributed by atoms with E-state index < -0.39 is 32.3 Å². The van der Waals surface area contributed by atoms with E-state index in [1.54, 1.807) is 88.4 Å². The Morgan fingerprint density at radius 1 is 0.756 bits per heavy atom. The number of hydrogen-bond acceptors (Lipinski definition) is 12. The van der Waals surface area contributed by atoms with Crippen molar-refractivity contribution in [3.05, 3.63) is 64.7 Å². The van der Waals surface area contributed by atoms with E-state index in [-0.39, 0.29) is 23.3 Å². The fraction of sp³-hybridized carbons (Fsp3) is 0.391. The molecule has 0 spiro atoms. The Hall–Kier alpha value is -5.42. The zero-order valence-electron chi connectivity index (χ0n) is 24.3. The first-order chi connectivity index (χ1) is 19.0. The number of hydrogen-bond donors (Lipinski definition) is 1. The summed E-state index contributed by atoms with van der Waals surface area (Å²) in [5.74, 6) is 0.102. The van der Waals surface area contributed by atoms with Crippen LogP contribution in [0.1, 0.15) is 11.4 Å². The highest BCUT2D eigenvalue weighted by molar-refractivity contribution is 5.62. The highest BCUT2D eigenvalue weighted by Gasteiger charge is 2.23. The van der Waals surface area contributed by atoms with Gasteiger partial charge in [0.05, 0.1) is 22.5 Å². The molecule has 0 amide bonds. The van der Waals surface area contributed by atoms with E-state index >= 15 is 0 Å². The number of nitrogens with zero attached hydrogens (tertiary/aromatic N) is 11. The van der Waals surface area contributed by atoms with Crippen molar-refractivity contribution < 1.29 is 9.85 Å². The maximum absolute atomic E-state index is 12.1. The van der Waals surface area contributed by atoms with E-state index in [9.17, 15) is 29.8 Å². The lowest BCUT2D eigenvalue weighted by molar-refractivity contribution is -0.387. The molecule has 222 valence electrons. The Balaban J connectivity index is 0.000000410. The summed E-state index contributed by atoms with van der Waals surface area (Å²) in [5, 5.41) is 22.0. The highest BCUT2D eigenvalue weighted by Crippen LogP contribution is 2.17. The summed E-state index contributed by atoms with van der Waals surface area (Å²) in [4.78, 5) is 69.2. The number of H-pyrrole nitrogens is 1. The molecule has 2 aromatic rings. The van der Waals surface area contributed by atoms with Crippen LogP contribution < -0.4 is 11.1 Å². The topological polar surface area (TPSA) is 205 Å². The molecule has 2 rings (SSSR count). The minimum Gasteiger partial charge on any atom is -0.383 e. The molecule has 2 aromatic heterocycles. The molecule has 18 nitrogen and oxygen atoms in total. The van der Waals surface area contributed by atoms with Gasteiger partial charge in [-0.05, 0) is 12.2 Å². The summed E-state index contributed by atoms with van der Waals surface area (Å²) in [6.07, 6.45) is 8.84. The van der Waals surface area contributed by atoms with Crippen molar-refractivity contribution in [2.45, 2.75) is 0 Å². The third kappa shape index (κ3) is 10.7. The van der Waals surface area contributed by atoms with E-state index in [0.717, 1.165) is 4.57 Å². The van der Waals surface area contributed by atoms with E-state index in [4.69, 9.17) is 0 Å². The smallest absolute Gasteiger partial charge is 0.359 e. The molecule has 0 aromatic carbocycles. The van der Waals surface area contributed by atoms with Crippen molar-refractivity contribution in [1.29, 1.82) is 0 Å². The molecule has 18 heteroatoms. The zero-order valence-corrected chi connectivity index (χ0v) is 24.3. The van der Waals surface area contributed by atoms with Gasteiger partial charge in [0.2, 0.25) is 11.9 Å². The van der Waals surface area contributed by atoms with Gasteiger partial charge in [-0.1, -0.05) is 0 Å². The van der Waals surface area contributed by atoms with Gasteiger partial charge in [0.1, 0.15) is 0 Å². The molecule has 0 saturated carbocycles. The fourth-order valence-electron chi connectivity index (χ4n) is 2.60. The third-order valence-electron chi connectivity index (χ3n) is 4.42. The Morgan fingerprint density at radius 2 is 1.22 bits per heavy atom. The zero-order chi connectivity index (χ0) is 31.4. The second-order valence-electron chi connectivity index (χ2n) is 9.12. The summed E-state index contributed by atoms with van der Waals surface area (Å²) in [5.41, 5.74) is -2.83. The monoisotopic (exact) mass is 574 g/mol. The fourth-order valence-corrected chi connectivity index (χ4v) is 2.60. The second-order valence-corrected chi connectivity index (χ2v) is 9.12. The van der Waals surface area contributed by atoms with E-state index in [1.807, 2.05) is 0 Å². The van der Waals surface area contributed by atoms with E-state index in [2.05, 4.69) is 24.9 Å². The minimum absolute atomic E-state index is 0.00714. The standard InChI is InChI=1S/C12H18N6O3.C11H16N6O3/c1-15(2)7-6-9-10(18(20)21)11(19)17(5)12(14-9)13-8-16(3)4;1-15(2)6-5-8-9(17(19)20)10(18)14-11(13-8)12-7-16(3)4/h6-8H,1-5H3;5-7H,1-4H3,(H,13,14,18)/b7-6+,13-8?;6-5+,12-7?. The molecule has 0 unspecified atom stereocenters. The van der Waals surface area contributed by atoms with Crippen LogP contribution >= 0.6 is 0 Å². The molecule has 0 bridgehead atoms. The van der Waals surface area contributed by atoms with Gasteiger partial charge in [-0.3, -0.25) is 39.4 Å². The van der Waals surface area contributed by atoms with Gasteiger partial charge in [0.15, 0.2) is 11.4 Å². The van der Waals surface area contributed by atoms with Crippen molar-refractivity contribution in [2.24, 2.45) is 17.0 Å². The first-order valence-corrected chi connectivity index (χ1v) is 11.7. The van der Waals surface area contributed by atoms with Gasteiger partial charge < -0.3 is 19.6 Å².